The summed E-state index contributed by atoms with van der Waals surface area (Å²) in [5.74, 6) is -0.559. The van der Waals surface area contributed by atoms with Crippen molar-refractivity contribution < 1.29 is 22.4 Å². The molecule has 8 rings (SSSR count). The number of anilines is 2. The largest absolute Gasteiger partial charge is 0.368 e. The second-order valence-electron chi connectivity index (χ2n) is 13.1. The van der Waals surface area contributed by atoms with Crippen LogP contribution in [0.5, 0.6) is 0 Å². The van der Waals surface area contributed by atoms with Crippen LogP contribution >= 0.6 is 11.3 Å². The van der Waals surface area contributed by atoms with Gasteiger partial charge in [-0.15, -0.1) is 11.3 Å². The molecule has 0 spiro atoms. The van der Waals surface area contributed by atoms with Crippen molar-refractivity contribution in [2.45, 2.75) is 51.1 Å². The number of carbonyl (C=O) groups is 1. The summed E-state index contributed by atoms with van der Waals surface area (Å²) in [6, 6.07) is 7.90. The van der Waals surface area contributed by atoms with Gasteiger partial charge in [-0.1, -0.05) is 19.1 Å². The highest BCUT2D eigenvalue weighted by atomic mass is 32.1. The molecule has 1 amide bonds. The molecule has 3 aliphatic rings. The maximum Gasteiger partial charge on any atom is 0.264 e. The number of rotatable bonds is 8. The average Bonchev–Trinajstić information content (AvgIpc) is 3.90. The molecule has 2 unspecified atom stereocenters. The first-order chi connectivity index (χ1) is 23.1. The van der Waals surface area contributed by atoms with Crippen molar-refractivity contribution in [3.8, 4) is 11.1 Å². The lowest BCUT2D eigenvalue weighted by molar-refractivity contribution is -0.118. The molecule has 2 saturated heterocycles. The van der Waals surface area contributed by atoms with E-state index >= 15 is 4.39 Å². The predicted octanol–water partition coefficient (Wildman–Crippen LogP) is 6.20. The summed E-state index contributed by atoms with van der Waals surface area (Å²) in [7, 11) is 0. The van der Waals surface area contributed by atoms with Gasteiger partial charge in [0.25, 0.3) is 12.3 Å². The molecule has 9 nitrogen and oxygen atoms in total. The van der Waals surface area contributed by atoms with Crippen molar-refractivity contribution in [1.82, 2.24) is 29.2 Å². The molecular formula is C34H34F4N8OS. The third-order valence-corrected chi connectivity index (χ3v) is 10.8. The molecule has 6 heterocycles. The number of nitrogens with zero attached hydrogens (tertiary/aromatic N) is 7. The lowest BCUT2D eigenvalue weighted by atomic mass is 9.95. The molecule has 2 aromatic carbocycles. The van der Waals surface area contributed by atoms with Crippen LogP contribution in [0.1, 0.15) is 41.9 Å². The fraction of sp³-hybridized carbons (Fsp3) is 0.412. The van der Waals surface area contributed by atoms with Gasteiger partial charge in [0.05, 0.1) is 30.6 Å². The van der Waals surface area contributed by atoms with Gasteiger partial charge in [-0.3, -0.25) is 19.7 Å². The van der Waals surface area contributed by atoms with Crippen LogP contribution in [0, 0.1) is 12.8 Å². The van der Waals surface area contributed by atoms with E-state index in [1.54, 1.807) is 16.1 Å². The SMILES string of the molecule is CCN1CC2CN(c3ccc(-c4cc(C(F)F)c5cn(C(C(=O)Nc6nccs6)c6ncn7c6C[C@@H](F)C7)nc5c4C)cc3)C[C@]2(F)C1. The van der Waals surface area contributed by atoms with Crippen LogP contribution in [0.2, 0.25) is 0 Å². The summed E-state index contributed by atoms with van der Waals surface area (Å²) in [4.78, 5) is 26.6. The molecule has 0 saturated carbocycles. The number of hydrogen-bond acceptors (Lipinski definition) is 7. The lowest BCUT2D eigenvalue weighted by Gasteiger charge is -2.24. The van der Waals surface area contributed by atoms with Crippen LogP contribution < -0.4 is 10.2 Å². The predicted molar refractivity (Wildman–Crippen MR) is 176 cm³/mol. The number of likely N-dealkylation sites (tertiary alicyclic amines) is 1. The minimum absolute atomic E-state index is 0.0420. The number of amides is 1. The van der Waals surface area contributed by atoms with Crippen LogP contribution in [-0.4, -0.2) is 79.7 Å². The van der Waals surface area contributed by atoms with Crippen molar-refractivity contribution in [2.75, 3.05) is 42.9 Å². The van der Waals surface area contributed by atoms with Crippen LogP contribution in [0.4, 0.5) is 28.4 Å². The van der Waals surface area contributed by atoms with Crippen LogP contribution in [0.3, 0.4) is 0 Å². The minimum Gasteiger partial charge on any atom is -0.368 e. The summed E-state index contributed by atoms with van der Waals surface area (Å²) < 4.78 is 62.5. The highest BCUT2D eigenvalue weighted by Crippen LogP contribution is 2.42. The Hall–Kier alpha value is -4.30. The molecule has 250 valence electrons. The molecule has 0 aliphatic carbocycles. The number of benzene rings is 2. The smallest absolute Gasteiger partial charge is 0.264 e. The van der Waals surface area contributed by atoms with E-state index in [9.17, 15) is 18.0 Å². The van der Waals surface area contributed by atoms with Gasteiger partial charge in [-0.25, -0.2) is 27.5 Å². The number of halogens is 4. The van der Waals surface area contributed by atoms with E-state index in [1.165, 1.54) is 34.6 Å². The van der Waals surface area contributed by atoms with Gasteiger partial charge in [0.1, 0.15) is 11.8 Å². The Morgan fingerprint density at radius 2 is 1.96 bits per heavy atom. The highest BCUT2D eigenvalue weighted by Gasteiger charge is 2.53. The van der Waals surface area contributed by atoms with Crippen LogP contribution in [0.25, 0.3) is 22.0 Å². The van der Waals surface area contributed by atoms with E-state index in [4.69, 9.17) is 5.10 Å². The van der Waals surface area contributed by atoms with Gasteiger partial charge in [-0.2, -0.15) is 5.10 Å². The number of thiazole rings is 1. The zero-order chi connectivity index (χ0) is 33.3. The maximum atomic E-state index is 15.7. The lowest BCUT2D eigenvalue weighted by Crippen LogP contribution is -2.36. The van der Waals surface area contributed by atoms with Gasteiger partial charge in [-0.05, 0) is 48.4 Å². The van der Waals surface area contributed by atoms with Crippen molar-refractivity contribution in [2.24, 2.45) is 5.92 Å². The van der Waals surface area contributed by atoms with Crippen molar-refractivity contribution >= 4 is 39.0 Å². The third kappa shape index (κ3) is 5.16. The molecule has 0 bridgehead atoms. The zero-order valence-corrected chi connectivity index (χ0v) is 27.2. The summed E-state index contributed by atoms with van der Waals surface area (Å²) in [6.45, 7) is 6.99. The summed E-state index contributed by atoms with van der Waals surface area (Å²) >= 11 is 1.23. The van der Waals surface area contributed by atoms with Crippen LogP contribution in [0.15, 0.2) is 54.4 Å². The highest BCUT2D eigenvalue weighted by molar-refractivity contribution is 7.13. The quantitative estimate of drug-likeness (QED) is 0.197. The Morgan fingerprint density at radius 1 is 1.15 bits per heavy atom. The molecule has 1 N–H and O–H groups in total. The normalized spacial score (nSPS) is 22.9. The first kappa shape index (κ1) is 31.0. The fourth-order valence-corrected chi connectivity index (χ4v) is 8.22. The average molecular weight is 679 g/mol. The fourth-order valence-electron chi connectivity index (χ4n) is 7.69. The van der Waals surface area contributed by atoms with Gasteiger partial charge in [0.2, 0.25) is 0 Å². The van der Waals surface area contributed by atoms with Crippen LogP contribution in [-0.2, 0) is 17.8 Å². The Bertz CT molecular complexity index is 1990. The molecule has 5 aromatic rings. The number of imidazole rings is 1. The molecule has 0 radical (unpaired) electrons. The van der Waals surface area contributed by atoms with E-state index in [-0.39, 0.29) is 29.8 Å². The van der Waals surface area contributed by atoms with Crippen molar-refractivity contribution in [3.63, 3.8) is 0 Å². The Labute approximate surface area is 278 Å². The minimum atomic E-state index is -2.82. The van der Waals surface area contributed by atoms with E-state index in [0.29, 0.717) is 52.8 Å². The monoisotopic (exact) mass is 678 g/mol. The number of aromatic nitrogens is 5. The second kappa shape index (κ2) is 11.7. The van der Waals surface area contributed by atoms with E-state index in [2.05, 4.69) is 32.0 Å². The molecule has 3 aliphatic heterocycles. The number of nitrogens with one attached hydrogen (secondary N) is 1. The van der Waals surface area contributed by atoms with Gasteiger partial charge >= 0.3 is 0 Å². The zero-order valence-electron chi connectivity index (χ0n) is 26.4. The Kier molecular flexibility index (Phi) is 7.55. The second-order valence-corrected chi connectivity index (χ2v) is 14.0. The topological polar surface area (TPSA) is 84.1 Å². The summed E-state index contributed by atoms with van der Waals surface area (Å²) in [6.07, 6.45) is 0.656. The molecule has 2 fully saturated rings. The third-order valence-electron chi connectivity index (χ3n) is 10.1. The summed E-state index contributed by atoms with van der Waals surface area (Å²) in [5.41, 5.74) is 2.61. The molecule has 48 heavy (non-hydrogen) atoms. The molecule has 14 heteroatoms. The summed E-state index contributed by atoms with van der Waals surface area (Å²) in [5, 5.41) is 9.81. The number of carbonyl (C=O) groups excluding carboxylic acids is 1. The number of hydrogen-bond donors (Lipinski definition) is 1. The van der Waals surface area contributed by atoms with E-state index in [1.807, 2.05) is 31.2 Å². The molecular weight excluding hydrogens is 644 g/mol. The van der Waals surface area contributed by atoms with Crippen molar-refractivity contribution in [3.05, 3.63) is 76.9 Å². The van der Waals surface area contributed by atoms with E-state index in [0.717, 1.165) is 24.3 Å². The Balaban J connectivity index is 1.16. The van der Waals surface area contributed by atoms with Crippen molar-refractivity contribution in [1.29, 1.82) is 0 Å². The van der Waals surface area contributed by atoms with Gasteiger partial charge in [0.15, 0.2) is 11.2 Å². The maximum absolute atomic E-state index is 15.7. The first-order valence-corrected chi connectivity index (χ1v) is 16.9. The number of fused-ring (bicyclic) bond motifs is 3. The van der Waals surface area contributed by atoms with Gasteiger partial charge in [0, 0.05) is 72.1 Å². The molecule has 4 atom stereocenters. The van der Waals surface area contributed by atoms with E-state index < -0.39 is 30.2 Å². The molecule has 3 aromatic heterocycles. The number of alkyl halides is 4. The van der Waals surface area contributed by atoms with Gasteiger partial charge < -0.3 is 9.47 Å². The number of aryl methyl sites for hydroxylation is 1. The first-order valence-electron chi connectivity index (χ1n) is 16.1. The Morgan fingerprint density at radius 3 is 2.67 bits per heavy atom. The standard InChI is InChI=1S/C34H34F4N8OS/c1-3-43-12-21-13-44(17-34(21,38)16-43)23-6-4-20(5-7-23)24-11-25(31(36)37)26-15-46(42-28(26)19(24)2)30(32(47)41-33-39-8-9-48-33)29-27-10-22(35)14-45(27)18-40-29/h4-9,11,15,18,21-22,30-31H,3,10,12-14,16-17H2,1-2H3,(H,39,41,47)/t21?,22-,30?,34-/m1/s1.